The Balaban J connectivity index is 3.25. The van der Waals surface area contributed by atoms with Crippen molar-refractivity contribution < 1.29 is 0 Å². The molecular weight excluding hydrogens is 232 g/mol. The van der Waals surface area contributed by atoms with E-state index in [0.29, 0.717) is 10.6 Å². The Labute approximate surface area is 91.0 Å². The van der Waals surface area contributed by atoms with Crippen LogP contribution in [0.2, 0.25) is 15.2 Å². The van der Waals surface area contributed by atoms with Crippen LogP contribution in [-0.4, -0.2) is 11.5 Å². The minimum absolute atomic E-state index is 0.185. The van der Waals surface area contributed by atoms with Gasteiger partial charge >= 0.3 is 0 Å². The minimum Gasteiger partial charge on any atom is -0.329 e. The molecule has 4 N–H and O–H groups in total. The van der Waals surface area contributed by atoms with Crippen LogP contribution in [0.3, 0.4) is 0 Å². The zero-order valence-electron chi connectivity index (χ0n) is 6.60. The highest BCUT2D eigenvalue weighted by Gasteiger charge is 2.15. The van der Waals surface area contributed by atoms with E-state index in [1.165, 1.54) is 6.20 Å². The molecule has 0 unspecified atom stereocenters. The van der Waals surface area contributed by atoms with E-state index in [9.17, 15) is 0 Å². The predicted octanol–water partition coefficient (Wildman–Crippen LogP) is 2.00. The molecule has 0 aliphatic rings. The summed E-state index contributed by atoms with van der Waals surface area (Å²) < 4.78 is 0. The Kier molecular flexibility index (Phi) is 3.76. The average molecular weight is 241 g/mol. The Hall–Kier alpha value is -0.0600. The van der Waals surface area contributed by atoms with Gasteiger partial charge < -0.3 is 11.5 Å². The molecule has 6 heteroatoms. The first-order valence-corrected chi connectivity index (χ1v) is 4.66. The second kappa shape index (κ2) is 4.44. The van der Waals surface area contributed by atoms with Crippen LogP contribution in [0.1, 0.15) is 11.6 Å². The van der Waals surface area contributed by atoms with Crippen molar-refractivity contribution in [2.24, 2.45) is 11.5 Å². The van der Waals surface area contributed by atoms with E-state index in [0.717, 1.165) is 0 Å². The first-order valence-electron chi connectivity index (χ1n) is 3.53. The van der Waals surface area contributed by atoms with Crippen LogP contribution < -0.4 is 11.5 Å². The van der Waals surface area contributed by atoms with Crippen molar-refractivity contribution in [3.8, 4) is 0 Å². The van der Waals surface area contributed by atoms with E-state index in [1.807, 2.05) is 0 Å². The predicted molar refractivity (Wildman–Crippen MR) is 55.2 cm³/mol. The maximum absolute atomic E-state index is 5.86. The summed E-state index contributed by atoms with van der Waals surface area (Å²) in [6.07, 6.45) is 1.40. The molecule has 0 fully saturated rings. The minimum atomic E-state index is -0.416. The van der Waals surface area contributed by atoms with Gasteiger partial charge in [-0.1, -0.05) is 34.8 Å². The summed E-state index contributed by atoms with van der Waals surface area (Å²) in [6, 6.07) is -0.416. The molecule has 0 spiro atoms. The van der Waals surface area contributed by atoms with E-state index in [2.05, 4.69) is 4.98 Å². The van der Waals surface area contributed by atoms with Crippen molar-refractivity contribution in [3.05, 3.63) is 27.0 Å². The van der Waals surface area contributed by atoms with E-state index < -0.39 is 6.04 Å². The fourth-order valence-corrected chi connectivity index (χ4v) is 1.69. The smallest absolute Gasteiger partial charge is 0.148 e. The third-order valence-electron chi connectivity index (χ3n) is 1.59. The summed E-state index contributed by atoms with van der Waals surface area (Å²) in [5.41, 5.74) is 11.6. The zero-order chi connectivity index (χ0) is 10.0. The van der Waals surface area contributed by atoms with Gasteiger partial charge in [-0.2, -0.15) is 0 Å². The molecule has 0 aromatic carbocycles. The normalized spacial score (nSPS) is 13.0. The van der Waals surface area contributed by atoms with Gasteiger partial charge in [-0.15, -0.1) is 0 Å². The molecule has 1 atom stereocenters. The lowest BCUT2D eigenvalue weighted by atomic mass is 10.1. The quantitative estimate of drug-likeness (QED) is 0.777. The van der Waals surface area contributed by atoms with Gasteiger partial charge in [0.25, 0.3) is 0 Å². The number of pyridine rings is 1. The van der Waals surface area contributed by atoms with E-state index >= 15 is 0 Å². The molecule has 1 heterocycles. The molecule has 0 aliphatic heterocycles. The Morgan fingerprint density at radius 1 is 1.38 bits per heavy atom. The number of nitrogens with zero attached hydrogens (tertiary/aromatic N) is 1. The van der Waals surface area contributed by atoms with Gasteiger partial charge in [-0.3, -0.25) is 0 Å². The summed E-state index contributed by atoms with van der Waals surface area (Å²) in [5.74, 6) is 0. The molecule has 1 aromatic heterocycles. The van der Waals surface area contributed by atoms with E-state index in [4.69, 9.17) is 46.3 Å². The Morgan fingerprint density at radius 3 is 2.54 bits per heavy atom. The summed E-state index contributed by atoms with van der Waals surface area (Å²) >= 11 is 17.4. The molecule has 1 rings (SSSR count). The standard InChI is InChI=1S/C7H8Cl3N3/c8-3-2-13-7(10)6(9)5(3)4(12)1-11/h2,4H,1,11-12H2/t4-/m1/s1. The number of hydrogen-bond acceptors (Lipinski definition) is 3. The number of rotatable bonds is 2. The average Bonchev–Trinajstić information content (AvgIpc) is 2.12. The third-order valence-corrected chi connectivity index (χ3v) is 2.66. The van der Waals surface area contributed by atoms with Gasteiger partial charge in [0.1, 0.15) is 5.15 Å². The summed E-state index contributed by atoms with van der Waals surface area (Å²) in [6.45, 7) is 0.250. The number of nitrogens with two attached hydrogens (primary N) is 2. The molecular formula is C7H8Cl3N3. The van der Waals surface area contributed by atoms with Gasteiger partial charge in [0.2, 0.25) is 0 Å². The lowest BCUT2D eigenvalue weighted by Gasteiger charge is -2.13. The Bertz CT molecular complexity index is 316. The largest absolute Gasteiger partial charge is 0.329 e. The third kappa shape index (κ3) is 2.24. The van der Waals surface area contributed by atoms with E-state index in [1.54, 1.807) is 0 Å². The van der Waals surface area contributed by atoms with Crippen LogP contribution in [0.25, 0.3) is 0 Å². The van der Waals surface area contributed by atoms with Gasteiger partial charge in [0.15, 0.2) is 0 Å². The number of aromatic nitrogens is 1. The monoisotopic (exact) mass is 239 g/mol. The topological polar surface area (TPSA) is 64.9 Å². The second-order valence-corrected chi connectivity index (χ2v) is 3.61. The van der Waals surface area contributed by atoms with Crippen molar-refractivity contribution in [2.75, 3.05) is 6.54 Å². The maximum atomic E-state index is 5.86. The summed E-state index contributed by atoms with van der Waals surface area (Å²) in [5, 5.41) is 0.837. The van der Waals surface area contributed by atoms with Gasteiger partial charge in [-0.25, -0.2) is 4.98 Å². The number of hydrogen-bond donors (Lipinski definition) is 2. The molecule has 1 aromatic rings. The van der Waals surface area contributed by atoms with Crippen LogP contribution >= 0.6 is 34.8 Å². The van der Waals surface area contributed by atoms with Crippen LogP contribution in [0.5, 0.6) is 0 Å². The first kappa shape index (κ1) is 11.0. The molecule has 72 valence electrons. The molecule has 0 bridgehead atoms. The van der Waals surface area contributed by atoms with Crippen LogP contribution in [-0.2, 0) is 0 Å². The lowest BCUT2D eigenvalue weighted by Crippen LogP contribution is -2.21. The van der Waals surface area contributed by atoms with Crippen molar-refractivity contribution in [2.45, 2.75) is 6.04 Å². The van der Waals surface area contributed by atoms with Crippen LogP contribution in [0.4, 0.5) is 0 Å². The maximum Gasteiger partial charge on any atom is 0.148 e. The number of halogens is 3. The molecule has 0 saturated carbocycles. The van der Waals surface area contributed by atoms with E-state index in [-0.39, 0.29) is 16.7 Å². The van der Waals surface area contributed by atoms with Crippen molar-refractivity contribution in [3.63, 3.8) is 0 Å². The van der Waals surface area contributed by atoms with Crippen molar-refractivity contribution in [1.29, 1.82) is 0 Å². The van der Waals surface area contributed by atoms with Crippen LogP contribution in [0, 0.1) is 0 Å². The molecule has 0 amide bonds. The SMILES string of the molecule is NC[C@@H](N)c1c(Cl)cnc(Cl)c1Cl. The highest BCUT2D eigenvalue weighted by Crippen LogP contribution is 2.32. The lowest BCUT2D eigenvalue weighted by molar-refractivity contribution is 0.736. The zero-order valence-corrected chi connectivity index (χ0v) is 8.87. The van der Waals surface area contributed by atoms with Crippen molar-refractivity contribution in [1.82, 2.24) is 4.98 Å². The van der Waals surface area contributed by atoms with Gasteiger partial charge in [0.05, 0.1) is 10.0 Å². The molecule has 3 nitrogen and oxygen atoms in total. The van der Waals surface area contributed by atoms with Crippen molar-refractivity contribution >= 4 is 34.8 Å². The molecule has 13 heavy (non-hydrogen) atoms. The fraction of sp³-hybridized carbons (Fsp3) is 0.286. The fourth-order valence-electron chi connectivity index (χ4n) is 0.913. The Morgan fingerprint density at radius 2 is 2.00 bits per heavy atom. The summed E-state index contributed by atoms with van der Waals surface area (Å²) in [7, 11) is 0. The second-order valence-electron chi connectivity index (χ2n) is 2.47. The molecule has 0 saturated heterocycles. The highest BCUT2D eigenvalue weighted by molar-refractivity contribution is 6.43. The van der Waals surface area contributed by atoms with Gasteiger partial charge in [0, 0.05) is 24.3 Å². The molecule has 0 aliphatic carbocycles. The first-order chi connectivity index (χ1) is 6.07. The van der Waals surface area contributed by atoms with Gasteiger partial charge in [-0.05, 0) is 0 Å². The molecule has 0 radical (unpaired) electrons. The summed E-state index contributed by atoms with van der Waals surface area (Å²) in [4.78, 5) is 3.76. The van der Waals surface area contributed by atoms with Crippen LogP contribution in [0.15, 0.2) is 6.20 Å². The highest BCUT2D eigenvalue weighted by atomic mass is 35.5.